The second-order valence-electron chi connectivity index (χ2n) is 7.50. The average Bonchev–Trinajstić information content (AvgIpc) is 2.38. The molecule has 4 heteroatoms. The lowest BCUT2D eigenvalue weighted by atomic mass is 9.84. The van der Waals surface area contributed by atoms with Crippen LogP contribution in [0.3, 0.4) is 0 Å². The topological polar surface area (TPSA) is 58.4 Å². The molecule has 0 aromatic heterocycles. The fourth-order valence-corrected chi connectivity index (χ4v) is 3.49. The molecule has 0 radical (unpaired) electrons. The highest BCUT2D eigenvalue weighted by Gasteiger charge is 2.32. The van der Waals surface area contributed by atoms with Gasteiger partial charge < -0.3 is 11.1 Å². The molecule has 3 N–H and O–H groups in total. The molecular weight excluding hydrogens is 250 g/mol. The summed E-state index contributed by atoms with van der Waals surface area (Å²) in [7, 11) is 0. The molecule has 20 heavy (non-hydrogen) atoms. The van der Waals surface area contributed by atoms with Crippen LogP contribution in [0, 0.1) is 5.92 Å². The number of piperidine rings is 1. The number of hydrogen-bond acceptors (Lipinski definition) is 3. The molecule has 0 spiro atoms. The molecule has 2 fully saturated rings. The Morgan fingerprint density at radius 3 is 2.25 bits per heavy atom. The standard InChI is InChI=1S/C16H31N3O/c1-16(2,3)19-10-8-12(9-11-19)18-15(20)13-6-4-5-7-14(13)17/h12-14H,4-11,17H2,1-3H3,(H,18,20). The van der Waals surface area contributed by atoms with Crippen molar-refractivity contribution < 1.29 is 4.79 Å². The average molecular weight is 281 g/mol. The van der Waals surface area contributed by atoms with Crippen LogP contribution >= 0.6 is 0 Å². The SMILES string of the molecule is CC(C)(C)N1CCC(NC(=O)C2CCCCC2N)CC1. The van der Waals surface area contributed by atoms with Gasteiger partial charge in [-0.1, -0.05) is 12.8 Å². The van der Waals surface area contributed by atoms with Gasteiger partial charge in [-0.05, 0) is 46.5 Å². The third-order valence-electron chi connectivity index (χ3n) is 4.95. The quantitative estimate of drug-likeness (QED) is 0.812. The van der Waals surface area contributed by atoms with Gasteiger partial charge in [0.15, 0.2) is 0 Å². The monoisotopic (exact) mass is 281 g/mol. The second-order valence-corrected chi connectivity index (χ2v) is 7.50. The summed E-state index contributed by atoms with van der Waals surface area (Å²) in [6.07, 6.45) is 6.41. The highest BCUT2D eigenvalue weighted by molar-refractivity contribution is 5.79. The first kappa shape index (κ1) is 15.8. The number of nitrogens with zero attached hydrogens (tertiary/aromatic N) is 1. The fraction of sp³-hybridized carbons (Fsp3) is 0.938. The van der Waals surface area contributed by atoms with Gasteiger partial charge >= 0.3 is 0 Å². The maximum atomic E-state index is 12.4. The maximum absolute atomic E-state index is 12.4. The zero-order valence-electron chi connectivity index (χ0n) is 13.3. The Balaban J connectivity index is 1.79. The predicted molar refractivity (Wildman–Crippen MR) is 82.4 cm³/mol. The highest BCUT2D eigenvalue weighted by Crippen LogP contribution is 2.24. The molecule has 0 bridgehead atoms. The van der Waals surface area contributed by atoms with Crippen molar-refractivity contribution in [3.63, 3.8) is 0 Å². The Hall–Kier alpha value is -0.610. The Labute approximate surface area is 123 Å². The van der Waals surface area contributed by atoms with Crippen LogP contribution in [0.15, 0.2) is 0 Å². The van der Waals surface area contributed by atoms with Crippen molar-refractivity contribution in [2.75, 3.05) is 13.1 Å². The molecule has 116 valence electrons. The van der Waals surface area contributed by atoms with E-state index in [9.17, 15) is 4.79 Å². The van der Waals surface area contributed by atoms with Crippen LogP contribution in [0.4, 0.5) is 0 Å². The maximum Gasteiger partial charge on any atom is 0.224 e. The smallest absolute Gasteiger partial charge is 0.224 e. The first-order valence-electron chi connectivity index (χ1n) is 8.19. The molecule has 4 nitrogen and oxygen atoms in total. The van der Waals surface area contributed by atoms with Crippen molar-refractivity contribution in [3.05, 3.63) is 0 Å². The summed E-state index contributed by atoms with van der Waals surface area (Å²) >= 11 is 0. The van der Waals surface area contributed by atoms with E-state index in [-0.39, 0.29) is 23.4 Å². The molecule has 1 aliphatic carbocycles. The second kappa shape index (κ2) is 6.44. The summed E-state index contributed by atoms with van der Waals surface area (Å²) in [5, 5.41) is 3.25. The summed E-state index contributed by atoms with van der Waals surface area (Å²) in [6.45, 7) is 8.92. The molecule has 1 amide bonds. The molecule has 1 heterocycles. The minimum Gasteiger partial charge on any atom is -0.353 e. The summed E-state index contributed by atoms with van der Waals surface area (Å²) in [5.41, 5.74) is 6.33. The van der Waals surface area contributed by atoms with Crippen LogP contribution in [-0.4, -0.2) is 41.5 Å². The van der Waals surface area contributed by atoms with Gasteiger partial charge in [0.1, 0.15) is 0 Å². The third-order valence-corrected chi connectivity index (χ3v) is 4.95. The van der Waals surface area contributed by atoms with Crippen molar-refractivity contribution in [2.24, 2.45) is 11.7 Å². The van der Waals surface area contributed by atoms with Gasteiger partial charge in [0, 0.05) is 30.7 Å². The largest absolute Gasteiger partial charge is 0.353 e. The Morgan fingerprint density at radius 2 is 1.70 bits per heavy atom. The Bertz CT molecular complexity index is 329. The van der Waals surface area contributed by atoms with Gasteiger partial charge in [-0.2, -0.15) is 0 Å². The lowest BCUT2D eigenvalue weighted by Crippen LogP contribution is -2.53. The Morgan fingerprint density at radius 1 is 1.10 bits per heavy atom. The number of nitrogens with two attached hydrogens (primary N) is 1. The molecule has 0 aromatic carbocycles. The normalized spacial score (nSPS) is 30.2. The van der Waals surface area contributed by atoms with E-state index in [4.69, 9.17) is 5.73 Å². The molecule has 1 saturated carbocycles. The molecule has 1 saturated heterocycles. The van der Waals surface area contributed by atoms with Crippen LogP contribution in [0.2, 0.25) is 0 Å². The lowest BCUT2D eigenvalue weighted by Gasteiger charge is -2.41. The molecule has 2 aliphatic rings. The third kappa shape index (κ3) is 3.95. The summed E-state index contributed by atoms with van der Waals surface area (Å²) in [6, 6.07) is 0.411. The molecule has 2 atom stereocenters. The van der Waals surface area contributed by atoms with E-state index >= 15 is 0 Å². The van der Waals surface area contributed by atoms with E-state index < -0.39 is 0 Å². The van der Waals surface area contributed by atoms with E-state index in [2.05, 4.69) is 31.0 Å². The number of hydrogen-bond donors (Lipinski definition) is 2. The number of carbonyl (C=O) groups is 1. The van der Waals surface area contributed by atoms with E-state index in [0.29, 0.717) is 6.04 Å². The highest BCUT2D eigenvalue weighted by atomic mass is 16.2. The van der Waals surface area contributed by atoms with E-state index in [0.717, 1.165) is 45.2 Å². The molecule has 1 aliphatic heterocycles. The Kier molecular flexibility index (Phi) is 5.08. The number of likely N-dealkylation sites (tertiary alicyclic amines) is 1. The molecular formula is C16H31N3O. The van der Waals surface area contributed by atoms with Gasteiger partial charge in [0.05, 0.1) is 5.92 Å². The van der Waals surface area contributed by atoms with Gasteiger partial charge in [-0.3, -0.25) is 9.69 Å². The van der Waals surface area contributed by atoms with Gasteiger partial charge in [0.25, 0.3) is 0 Å². The van der Waals surface area contributed by atoms with Crippen molar-refractivity contribution >= 4 is 5.91 Å². The summed E-state index contributed by atoms with van der Waals surface area (Å²) < 4.78 is 0. The minimum absolute atomic E-state index is 0.0457. The van der Waals surface area contributed by atoms with Crippen molar-refractivity contribution in [2.45, 2.75) is 76.9 Å². The zero-order valence-corrected chi connectivity index (χ0v) is 13.3. The first-order valence-corrected chi connectivity index (χ1v) is 8.19. The number of carbonyl (C=O) groups excluding carboxylic acids is 1. The number of nitrogens with one attached hydrogen (secondary N) is 1. The van der Waals surface area contributed by atoms with Gasteiger partial charge in [-0.25, -0.2) is 0 Å². The first-order chi connectivity index (χ1) is 9.38. The van der Waals surface area contributed by atoms with Crippen LogP contribution < -0.4 is 11.1 Å². The van der Waals surface area contributed by atoms with E-state index in [1.807, 2.05) is 0 Å². The van der Waals surface area contributed by atoms with E-state index in [1.54, 1.807) is 0 Å². The summed E-state index contributed by atoms with van der Waals surface area (Å²) in [4.78, 5) is 14.9. The lowest BCUT2D eigenvalue weighted by molar-refractivity contribution is -0.127. The predicted octanol–water partition coefficient (Wildman–Crippen LogP) is 1.88. The zero-order chi connectivity index (χ0) is 14.8. The number of rotatable bonds is 2. The molecule has 0 aromatic rings. The van der Waals surface area contributed by atoms with E-state index in [1.165, 1.54) is 6.42 Å². The minimum atomic E-state index is 0.0457. The van der Waals surface area contributed by atoms with Crippen molar-refractivity contribution in [3.8, 4) is 0 Å². The van der Waals surface area contributed by atoms with Crippen LogP contribution in [-0.2, 0) is 4.79 Å². The van der Waals surface area contributed by atoms with Crippen molar-refractivity contribution in [1.29, 1.82) is 0 Å². The molecule has 2 unspecified atom stereocenters. The van der Waals surface area contributed by atoms with Crippen LogP contribution in [0.1, 0.15) is 59.3 Å². The van der Waals surface area contributed by atoms with Gasteiger partial charge in [-0.15, -0.1) is 0 Å². The fourth-order valence-electron chi connectivity index (χ4n) is 3.49. The van der Waals surface area contributed by atoms with Crippen LogP contribution in [0.5, 0.6) is 0 Å². The number of amides is 1. The van der Waals surface area contributed by atoms with Crippen molar-refractivity contribution in [1.82, 2.24) is 10.2 Å². The summed E-state index contributed by atoms with van der Waals surface area (Å²) in [5.74, 6) is 0.246. The van der Waals surface area contributed by atoms with Crippen LogP contribution in [0.25, 0.3) is 0 Å². The molecule has 2 rings (SSSR count). The van der Waals surface area contributed by atoms with Gasteiger partial charge in [0.2, 0.25) is 5.91 Å².